The first kappa shape index (κ1) is 15.7. The normalized spacial score (nSPS) is 18.9. The minimum absolute atomic E-state index is 0.142. The van der Waals surface area contributed by atoms with Gasteiger partial charge >= 0.3 is 0 Å². The molecule has 5 nitrogen and oxygen atoms in total. The average molecular weight is 330 g/mol. The number of hydrogen-bond donors (Lipinski definition) is 1. The molecule has 1 unspecified atom stereocenters. The second-order valence-electron chi connectivity index (χ2n) is 5.57. The molecule has 1 atom stereocenters. The van der Waals surface area contributed by atoms with Gasteiger partial charge in [0.15, 0.2) is 0 Å². The number of carbonyl (C=O) groups is 1. The minimum Gasteiger partial charge on any atom is -0.366 e. The van der Waals surface area contributed by atoms with Crippen LogP contribution in [0, 0.1) is 0 Å². The monoisotopic (exact) mass is 330 g/mol. The fraction of sp³-hybridized carbons (Fsp3) is 0.235. The molecule has 0 bridgehead atoms. The van der Waals surface area contributed by atoms with Gasteiger partial charge in [0, 0.05) is 12.1 Å². The van der Waals surface area contributed by atoms with E-state index < -0.39 is 15.9 Å². The Bertz CT molecular complexity index is 801. The van der Waals surface area contributed by atoms with E-state index in [9.17, 15) is 13.2 Å². The van der Waals surface area contributed by atoms with Crippen molar-refractivity contribution >= 4 is 15.9 Å². The van der Waals surface area contributed by atoms with Crippen LogP contribution in [0.4, 0.5) is 0 Å². The van der Waals surface area contributed by atoms with Crippen LogP contribution in [0.15, 0.2) is 59.5 Å². The molecule has 1 fully saturated rings. The van der Waals surface area contributed by atoms with E-state index in [0.29, 0.717) is 12.1 Å². The predicted octanol–water partition coefficient (Wildman–Crippen LogP) is 2.31. The summed E-state index contributed by atoms with van der Waals surface area (Å²) in [6, 6.07) is 15.3. The number of nitrogens with two attached hydrogens (primary N) is 1. The van der Waals surface area contributed by atoms with E-state index in [1.54, 1.807) is 4.31 Å². The number of primary amides is 1. The van der Waals surface area contributed by atoms with Gasteiger partial charge in [-0.1, -0.05) is 30.3 Å². The predicted molar refractivity (Wildman–Crippen MR) is 87.3 cm³/mol. The van der Waals surface area contributed by atoms with E-state index in [1.807, 2.05) is 30.3 Å². The van der Waals surface area contributed by atoms with Gasteiger partial charge < -0.3 is 5.73 Å². The summed E-state index contributed by atoms with van der Waals surface area (Å²) in [5.41, 5.74) is 6.49. The molecular weight excluding hydrogens is 312 g/mol. The van der Waals surface area contributed by atoms with E-state index in [-0.39, 0.29) is 10.9 Å². The largest absolute Gasteiger partial charge is 0.366 e. The third kappa shape index (κ3) is 3.00. The van der Waals surface area contributed by atoms with Crippen LogP contribution in [0.5, 0.6) is 0 Å². The molecule has 0 saturated carbocycles. The van der Waals surface area contributed by atoms with Crippen LogP contribution in [0.3, 0.4) is 0 Å². The van der Waals surface area contributed by atoms with Crippen LogP contribution in [-0.4, -0.2) is 25.2 Å². The van der Waals surface area contributed by atoms with Gasteiger partial charge in [-0.15, -0.1) is 0 Å². The molecule has 120 valence electrons. The zero-order valence-corrected chi connectivity index (χ0v) is 13.4. The molecule has 1 amide bonds. The Morgan fingerprint density at radius 2 is 1.70 bits per heavy atom. The van der Waals surface area contributed by atoms with Crippen LogP contribution in [-0.2, 0) is 10.0 Å². The number of carbonyl (C=O) groups excluding carboxylic acids is 1. The van der Waals surface area contributed by atoms with Crippen LogP contribution >= 0.6 is 0 Å². The molecule has 1 aliphatic rings. The molecule has 0 aromatic heterocycles. The molecule has 2 aromatic rings. The van der Waals surface area contributed by atoms with E-state index in [0.717, 1.165) is 18.4 Å². The molecule has 1 heterocycles. The number of benzene rings is 2. The lowest BCUT2D eigenvalue weighted by Crippen LogP contribution is -2.30. The van der Waals surface area contributed by atoms with Gasteiger partial charge in [0.05, 0.1) is 10.9 Å². The fourth-order valence-electron chi connectivity index (χ4n) is 2.96. The molecule has 2 N–H and O–H groups in total. The highest BCUT2D eigenvalue weighted by atomic mass is 32.2. The molecule has 1 aliphatic heterocycles. The first-order valence-electron chi connectivity index (χ1n) is 7.47. The maximum absolute atomic E-state index is 12.9. The summed E-state index contributed by atoms with van der Waals surface area (Å²) in [5, 5.41) is 0. The van der Waals surface area contributed by atoms with Crippen LogP contribution in [0.2, 0.25) is 0 Å². The van der Waals surface area contributed by atoms with E-state index in [2.05, 4.69) is 0 Å². The Morgan fingerprint density at radius 3 is 2.30 bits per heavy atom. The summed E-state index contributed by atoms with van der Waals surface area (Å²) >= 11 is 0. The molecule has 23 heavy (non-hydrogen) atoms. The number of sulfonamides is 1. The van der Waals surface area contributed by atoms with E-state index >= 15 is 0 Å². The minimum atomic E-state index is -3.60. The summed E-state index contributed by atoms with van der Waals surface area (Å²) in [6.07, 6.45) is 1.64. The van der Waals surface area contributed by atoms with Crippen LogP contribution in [0.25, 0.3) is 0 Å². The number of amides is 1. The fourth-order valence-corrected chi connectivity index (χ4v) is 4.65. The lowest BCUT2D eigenvalue weighted by atomic mass is 10.1. The van der Waals surface area contributed by atoms with Crippen molar-refractivity contribution in [3.8, 4) is 0 Å². The molecule has 6 heteroatoms. The van der Waals surface area contributed by atoms with Gasteiger partial charge in [-0.2, -0.15) is 4.31 Å². The quantitative estimate of drug-likeness (QED) is 0.934. The summed E-state index contributed by atoms with van der Waals surface area (Å²) in [7, 11) is -3.60. The first-order chi connectivity index (χ1) is 11.0. The smallest absolute Gasteiger partial charge is 0.248 e. The topological polar surface area (TPSA) is 80.5 Å². The Kier molecular flexibility index (Phi) is 4.19. The average Bonchev–Trinajstić information content (AvgIpc) is 3.06. The van der Waals surface area contributed by atoms with Crippen molar-refractivity contribution in [2.24, 2.45) is 5.73 Å². The molecule has 2 aromatic carbocycles. The lowest BCUT2D eigenvalue weighted by molar-refractivity contribution is 0.1000. The van der Waals surface area contributed by atoms with Crippen LogP contribution in [0.1, 0.15) is 34.8 Å². The summed E-state index contributed by atoms with van der Waals surface area (Å²) in [5.74, 6) is -0.572. The van der Waals surface area contributed by atoms with Crippen LogP contribution < -0.4 is 5.73 Å². The zero-order chi connectivity index (χ0) is 16.4. The highest BCUT2D eigenvalue weighted by Gasteiger charge is 2.36. The first-order valence-corrected chi connectivity index (χ1v) is 8.91. The van der Waals surface area contributed by atoms with Crippen molar-refractivity contribution in [3.63, 3.8) is 0 Å². The van der Waals surface area contributed by atoms with Gasteiger partial charge in [0.25, 0.3) is 0 Å². The SMILES string of the molecule is NC(=O)c1ccc(S(=O)(=O)N2CCCC2c2ccccc2)cc1. The van der Waals surface area contributed by atoms with E-state index in [1.165, 1.54) is 24.3 Å². The van der Waals surface area contributed by atoms with Gasteiger partial charge in [-0.25, -0.2) is 8.42 Å². The third-order valence-corrected chi connectivity index (χ3v) is 6.06. The standard InChI is InChI=1S/C17H18N2O3S/c18-17(20)14-8-10-15(11-9-14)23(21,22)19-12-4-7-16(19)13-5-2-1-3-6-13/h1-3,5-6,8-11,16H,4,7,12H2,(H2,18,20). The Hall–Kier alpha value is -2.18. The van der Waals surface area contributed by atoms with Crippen molar-refractivity contribution in [2.45, 2.75) is 23.8 Å². The van der Waals surface area contributed by atoms with Crippen molar-refractivity contribution < 1.29 is 13.2 Å². The third-order valence-electron chi connectivity index (χ3n) is 4.13. The van der Waals surface area contributed by atoms with Crippen molar-refractivity contribution in [1.29, 1.82) is 0 Å². The van der Waals surface area contributed by atoms with E-state index in [4.69, 9.17) is 5.73 Å². The highest BCUT2D eigenvalue weighted by molar-refractivity contribution is 7.89. The Morgan fingerprint density at radius 1 is 1.04 bits per heavy atom. The maximum atomic E-state index is 12.9. The van der Waals surface area contributed by atoms with Gasteiger partial charge in [0.2, 0.25) is 15.9 Å². The maximum Gasteiger partial charge on any atom is 0.248 e. The molecule has 1 saturated heterocycles. The summed E-state index contributed by atoms with van der Waals surface area (Å²) in [6.45, 7) is 0.499. The second kappa shape index (κ2) is 6.14. The van der Waals surface area contributed by atoms with Crippen molar-refractivity contribution in [1.82, 2.24) is 4.31 Å². The van der Waals surface area contributed by atoms with Crippen molar-refractivity contribution in [2.75, 3.05) is 6.54 Å². The molecule has 3 rings (SSSR count). The Balaban J connectivity index is 1.93. The lowest BCUT2D eigenvalue weighted by Gasteiger charge is -2.24. The summed E-state index contributed by atoms with van der Waals surface area (Å²) in [4.78, 5) is 11.3. The molecular formula is C17H18N2O3S. The van der Waals surface area contributed by atoms with Crippen molar-refractivity contribution in [3.05, 3.63) is 65.7 Å². The number of rotatable bonds is 4. The van der Waals surface area contributed by atoms with Gasteiger partial charge in [0.1, 0.15) is 0 Å². The summed E-state index contributed by atoms with van der Waals surface area (Å²) < 4.78 is 27.4. The highest BCUT2D eigenvalue weighted by Crippen LogP contribution is 2.36. The van der Waals surface area contributed by atoms with Gasteiger partial charge in [-0.3, -0.25) is 4.79 Å². The van der Waals surface area contributed by atoms with Gasteiger partial charge in [-0.05, 0) is 42.7 Å². The zero-order valence-electron chi connectivity index (χ0n) is 12.6. The Labute approximate surface area is 135 Å². The second-order valence-corrected chi connectivity index (χ2v) is 7.46. The molecule has 0 spiro atoms. The number of hydrogen-bond acceptors (Lipinski definition) is 3. The number of nitrogens with zero attached hydrogens (tertiary/aromatic N) is 1. The molecule has 0 radical (unpaired) electrons. The molecule has 0 aliphatic carbocycles.